The number of hydrogen-bond acceptors (Lipinski definition) is 4. The van der Waals surface area contributed by atoms with Crippen molar-refractivity contribution in [2.75, 3.05) is 5.73 Å². The lowest BCUT2D eigenvalue weighted by Gasteiger charge is -2.10. The van der Waals surface area contributed by atoms with Crippen LogP contribution >= 0.6 is 11.3 Å². The number of hydrogen-bond donors (Lipinski definition) is 1. The lowest BCUT2D eigenvalue weighted by Crippen LogP contribution is -2.14. The fourth-order valence-electron chi connectivity index (χ4n) is 1.30. The van der Waals surface area contributed by atoms with Crippen molar-refractivity contribution in [1.29, 1.82) is 0 Å². The highest BCUT2D eigenvalue weighted by atomic mass is 32.1. The van der Waals surface area contributed by atoms with Crippen molar-refractivity contribution in [3.8, 4) is 0 Å². The summed E-state index contributed by atoms with van der Waals surface area (Å²) in [4.78, 5) is 11.8. The van der Waals surface area contributed by atoms with Crippen molar-refractivity contribution in [2.45, 2.75) is 39.7 Å². The van der Waals surface area contributed by atoms with E-state index >= 15 is 0 Å². The molecule has 1 aromatic heterocycles. The highest BCUT2D eigenvalue weighted by Crippen LogP contribution is 2.31. The second kappa shape index (κ2) is 4.66. The Kier molecular flexibility index (Phi) is 3.74. The van der Waals surface area contributed by atoms with Crippen molar-refractivity contribution in [1.82, 2.24) is 0 Å². The van der Waals surface area contributed by atoms with Crippen LogP contribution < -0.4 is 5.73 Å². The van der Waals surface area contributed by atoms with Crippen molar-refractivity contribution in [2.24, 2.45) is 0 Å². The molecule has 0 unspecified atom stereocenters. The molecule has 0 atom stereocenters. The molecule has 15 heavy (non-hydrogen) atoms. The Morgan fingerprint density at radius 3 is 2.47 bits per heavy atom. The number of carbonyl (C=O) groups excluding carboxylic acids is 1. The van der Waals surface area contributed by atoms with Crippen LogP contribution in [0.15, 0.2) is 5.38 Å². The van der Waals surface area contributed by atoms with Gasteiger partial charge in [-0.25, -0.2) is 4.79 Å². The molecule has 0 bridgehead atoms. The Hall–Kier alpha value is -1.03. The Balaban J connectivity index is 3.01. The lowest BCUT2D eigenvalue weighted by atomic mass is 10.0. The smallest absolute Gasteiger partial charge is 0.341 e. The molecule has 0 saturated carbocycles. The minimum Gasteiger partial charge on any atom is -0.459 e. The van der Waals surface area contributed by atoms with Crippen LogP contribution in [0.4, 0.5) is 5.00 Å². The summed E-state index contributed by atoms with van der Waals surface area (Å²) in [5.74, 6) is -0.0271. The van der Waals surface area contributed by atoms with Gasteiger partial charge in [0.25, 0.3) is 0 Å². The van der Waals surface area contributed by atoms with Crippen molar-refractivity contribution in [3.63, 3.8) is 0 Å². The van der Waals surface area contributed by atoms with Crippen LogP contribution in [0.1, 0.15) is 49.5 Å². The molecular weight excluding hydrogens is 210 g/mol. The van der Waals surface area contributed by atoms with Crippen LogP contribution in [-0.2, 0) is 4.74 Å². The van der Waals surface area contributed by atoms with Gasteiger partial charge in [-0.05, 0) is 30.7 Å². The molecule has 2 N–H and O–H groups in total. The summed E-state index contributed by atoms with van der Waals surface area (Å²) in [5.41, 5.74) is 7.29. The topological polar surface area (TPSA) is 52.3 Å². The summed E-state index contributed by atoms with van der Waals surface area (Å²) in [6.45, 7) is 7.73. The number of thiophene rings is 1. The van der Waals surface area contributed by atoms with Crippen molar-refractivity contribution >= 4 is 22.3 Å². The molecule has 84 valence electrons. The molecule has 4 heteroatoms. The van der Waals surface area contributed by atoms with Gasteiger partial charge in [-0.3, -0.25) is 0 Å². The molecule has 0 aliphatic heterocycles. The molecule has 0 aliphatic rings. The fourth-order valence-corrected chi connectivity index (χ4v) is 2.27. The number of carbonyl (C=O) groups is 1. The summed E-state index contributed by atoms with van der Waals surface area (Å²) in [7, 11) is 0. The van der Waals surface area contributed by atoms with Crippen LogP contribution in [0, 0.1) is 0 Å². The first-order valence-electron chi connectivity index (χ1n) is 5.01. The van der Waals surface area contributed by atoms with Crippen LogP contribution in [-0.4, -0.2) is 12.1 Å². The van der Waals surface area contributed by atoms with Gasteiger partial charge in [0.05, 0.1) is 11.7 Å². The van der Waals surface area contributed by atoms with E-state index in [4.69, 9.17) is 10.5 Å². The predicted octanol–water partition coefficient (Wildman–Crippen LogP) is 3.02. The quantitative estimate of drug-likeness (QED) is 0.807. The highest BCUT2D eigenvalue weighted by molar-refractivity contribution is 7.14. The lowest BCUT2D eigenvalue weighted by molar-refractivity contribution is 0.0378. The summed E-state index contributed by atoms with van der Waals surface area (Å²) in [5, 5.41) is 2.47. The molecule has 0 saturated heterocycles. The first kappa shape index (κ1) is 12.0. The number of esters is 1. The molecular formula is C11H17NO2S. The van der Waals surface area contributed by atoms with Gasteiger partial charge in [0.15, 0.2) is 0 Å². The summed E-state index contributed by atoms with van der Waals surface area (Å²) < 4.78 is 5.15. The molecule has 0 aliphatic carbocycles. The standard InChI is InChI=1S/C11H17NO2S/c1-6(2)8-5-15-10(12)9(8)11(13)14-7(3)4/h5-7H,12H2,1-4H3. The average molecular weight is 227 g/mol. The van der Waals surface area contributed by atoms with Crippen LogP contribution in [0.25, 0.3) is 0 Å². The van der Waals surface area contributed by atoms with Crippen LogP contribution in [0.2, 0.25) is 0 Å². The third kappa shape index (κ3) is 2.72. The zero-order valence-corrected chi connectivity index (χ0v) is 10.4. The molecule has 1 rings (SSSR count). The maximum Gasteiger partial charge on any atom is 0.341 e. The van der Waals surface area contributed by atoms with E-state index in [1.165, 1.54) is 11.3 Å². The SMILES string of the molecule is CC(C)OC(=O)c1c(C(C)C)csc1N. The third-order valence-electron chi connectivity index (χ3n) is 2.02. The summed E-state index contributed by atoms with van der Waals surface area (Å²) in [6, 6.07) is 0. The van der Waals surface area contributed by atoms with Gasteiger partial charge in [-0.15, -0.1) is 11.3 Å². The summed E-state index contributed by atoms with van der Waals surface area (Å²) in [6.07, 6.45) is -0.114. The van der Waals surface area contributed by atoms with Gasteiger partial charge < -0.3 is 10.5 Å². The molecule has 1 aromatic rings. The van der Waals surface area contributed by atoms with Gasteiger partial charge in [-0.2, -0.15) is 0 Å². The Morgan fingerprint density at radius 2 is 2.00 bits per heavy atom. The van der Waals surface area contributed by atoms with E-state index < -0.39 is 0 Å². The first-order chi connectivity index (χ1) is 6.93. The minimum atomic E-state index is -0.313. The summed E-state index contributed by atoms with van der Waals surface area (Å²) >= 11 is 1.39. The number of anilines is 1. The van der Waals surface area contributed by atoms with Gasteiger partial charge in [0, 0.05) is 0 Å². The van der Waals surface area contributed by atoms with E-state index in [0.717, 1.165) is 5.56 Å². The van der Waals surface area contributed by atoms with Crippen molar-refractivity contribution in [3.05, 3.63) is 16.5 Å². The van der Waals surface area contributed by atoms with Gasteiger partial charge in [-0.1, -0.05) is 13.8 Å². The average Bonchev–Trinajstić information content (AvgIpc) is 2.45. The second-order valence-corrected chi connectivity index (χ2v) is 4.95. The molecule has 0 spiro atoms. The molecule has 0 aromatic carbocycles. The number of nitrogens with two attached hydrogens (primary N) is 1. The van der Waals surface area contributed by atoms with E-state index in [0.29, 0.717) is 10.6 Å². The highest BCUT2D eigenvalue weighted by Gasteiger charge is 2.21. The fraction of sp³-hybridized carbons (Fsp3) is 0.545. The molecule has 0 fully saturated rings. The maximum atomic E-state index is 11.8. The number of rotatable bonds is 3. The van der Waals surface area contributed by atoms with E-state index in [-0.39, 0.29) is 18.0 Å². The van der Waals surface area contributed by atoms with Crippen LogP contribution in [0.5, 0.6) is 0 Å². The van der Waals surface area contributed by atoms with Crippen LogP contribution in [0.3, 0.4) is 0 Å². The Bertz CT molecular complexity index is 355. The van der Waals surface area contributed by atoms with Gasteiger partial charge in [0.1, 0.15) is 5.00 Å². The molecule has 0 radical (unpaired) electrons. The zero-order chi connectivity index (χ0) is 11.6. The second-order valence-electron chi connectivity index (χ2n) is 4.04. The van der Waals surface area contributed by atoms with Crippen molar-refractivity contribution < 1.29 is 9.53 Å². The third-order valence-corrected chi connectivity index (χ3v) is 2.85. The predicted molar refractivity (Wildman–Crippen MR) is 63.4 cm³/mol. The Labute approximate surface area is 94.2 Å². The number of nitrogen functional groups attached to an aromatic ring is 1. The van der Waals surface area contributed by atoms with Gasteiger partial charge >= 0.3 is 5.97 Å². The van der Waals surface area contributed by atoms with E-state index in [1.807, 2.05) is 33.1 Å². The van der Waals surface area contributed by atoms with Gasteiger partial charge in [0.2, 0.25) is 0 Å². The zero-order valence-electron chi connectivity index (χ0n) is 9.53. The monoisotopic (exact) mass is 227 g/mol. The molecule has 0 amide bonds. The van der Waals surface area contributed by atoms with E-state index in [2.05, 4.69) is 0 Å². The normalized spacial score (nSPS) is 11.1. The molecule has 3 nitrogen and oxygen atoms in total. The number of ether oxygens (including phenoxy) is 1. The minimum absolute atomic E-state index is 0.114. The first-order valence-corrected chi connectivity index (χ1v) is 5.89. The molecule has 1 heterocycles. The largest absolute Gasteiger partial charge is 0.459 e. The van der Waals surface area contributed by atoms with E-state index in [9.17, 15) is 4.79 Å². The van der Waals surface area contributed by atoms with E-state index in [1.54, 1.807) is 0 Å². The Morgan fingerprint density at radius 1 is 1.40 bits per heavy atom. The maximum absolute atomic E-state index is 11.8.